The molecule has 6 heteroatoms. The van der Waals surface area contributed by atoms with Gasteiger partial charge in [0.15, 0.2) is 11.6 Å². The fourth-order valence-corrected chi connectivity index (χ4v) is 5.60. The third-order valence-corrected chi connectivity index (χ3v) is 7.37. The van der Waals surface area contributed by atoms with Crippen LogP contribution in [-0.2, 0) is 6.42 Å². The number of carbonyl (C=O) groups is 2. The Balaban J connectivity index is 1.76. The van der Waals surface area contributed by atoms with Crippen LogP contribution in [0.15, 0.2) is 72.8 Å². The van der Waals surface area contributed by atoms with E-state index in [0.717, 1.165) is 22.3 Å². The molecule has 0 fully saturated rings. The van der Waals surface area contributed by atoms with Gasteiger partial charge in [-0.3, -0.25) is 14.2 Å². The summed E-state index contributed by atoms with van der Waals surface area (Å²) in [7, 11) is 1.59. The van der Waals surface area contributed by atoms with Gasteiger partial charge >= 0.3 is 0 Å². The van der Waals surface area contributed by atoms with Crippen LogP contribution in [0.4, 0.5) is 0 Å². The molecule has 0 saturated heterocycles. The van der Waals surface area contributed by atoms with Crippen LogP contribution in [0.2, 0.25) is 5.02 Å². The molecule has 3 aromatic rings. The van der Waals surface area contributed by atoms with E-state index in [4.69, 9.17) is 21.3 Å². The highest BCUT2D eigenvalue weighted by atomic mass is 35.5. The average Bonchev–Trinajstić information content (AvgIpc) is 3.26. The molecule has 0 bridgehead atoms. The van der Waals surface area contributed by atoms with Crippen molar-refractivity contribution >= 4 is 34.1 Å². The summed E-state index contributed by atoms with van der Waals surface area (Å²) in [6.07, 6.45) is 0.986. The van der Waals surface area contributed by atoms with Crippen LogP contribution in [0.3, 0.4) is 0 Å². The van der Waals surface area contributed by atoms with Crippen molar-refractivity contribution in [1.29, 1.82) is 0 Å². The Labute approximate surface area is 220 Å². The van der Waals surface area contributed by atoms with E-state index in [2.05, 4.69) is 13.8 Å². The molecule has 0 saturated carbocycles. The Morgan fingerprint density at radius 3 is 2.35 bits per heavy atom. The monoisotopic (exact) mass is 508 g/mol. The Kier molecular flexibility index (Phi) is 5.42. The minimum atomic E-state index is -0.265. The fraction of sp³-hybridized carbons (Fsp3) is 0.194. The van der Waals surface area contributed by atoms with E-state index >= 15 is 0 Å². The average molecular weight is 509 g/mol. The molecule has 2 heterocycles. The zero-order valence-electron chi connectivity index (χ0n) is 20.8. The fourth-order valence-electron chi connectivity index (χ4n) is 5.48. The van der Waals surface area contributed by atoms with Gasteiger partial charge in [-0.05, 0) is 66.4 Å². The van der Waals surface area contributed by atoms with E-state index in [1.807, 2.05) is 53.1 Å². The zero-order chi connectivity index (χ0) is 25.9. The van der Waals surface area contributed by atoms with Crippen molar-refractivity contribution in [3.63, 3.8) is 0 Å². The van der Waals surface area contributed by atoms with Crippen LogP contribution in [0, 0.1) is 5.41 Å². The van der Waals surface area contributed by atoms with E-state index in [1.165, 1.54) is 0 Å². The minimum absolute atomic E-state index is 0.0296. The highest BCUT2D eigenvalue weighted by Gasteiger charge is 2.40. The third kappa shape index (κ3) is 3.82. The molecule has 0 radical (unpaired) electrons. The number of ketones is 2. The number of para-hydroxylation sites is 1. The van der Waals surface area contributed by atoms with Gasteiger partial charge in [0.05, 0.1) is 12.6 Å². The summed E-state index contributed by atoms with van der Waals surface area (Å²) >= 11 is 6.22. The maximum Gasteiger partial charge on any atom is 0.194 e. The first-order chi connectivity index (χ1) is 17.8. The summed E-state index contributed by atoms with van der Waals surface area (Å²) in [5.41, 5.74) is 4.26. The first-order valence-corrected chi connectivity index (χ1v) is 12.6. The molecule has 0 aromatic heterocycles. The van der Waals surface area contributed by atoms with Crippen molar-refractivity contribution in [2.75, 3.05) is 7.11 Å². The maximum absolute atomic E-state index is 14.2. The number of halogens is 1. The number of pyridine rings is 1. The van der Waals surface area contributed by atoms with Crippen molar-refractivity contribution in [3.8, 4) is 22.8 Å². The normalized spacial score (nSPS) is 14.6. The number of carbonyl (C=O) groups excluding carboxylic acids is 2. The van der Waals surface area contributed by atoms with Crippen molar-refractivity contribution in [2.45, 2.75) is 26.7 Å². The van der Waals surface area contributed by atoms with Gasteiger partial charge < -0.3 is 4.74 Å². The standard InChI is InChI=1S/C31H25ClN2O3/c1-31(2)16-24-27(25(35)17-31)28(29(36)18-8-14-21(37-3)15-9-18)26-22-6-4-5-7-23(22)33-30(26)34(24)20-12-10-19(32)11-13-20/h4-15H,16-17H2,1-3H3. The molecule has 2 aliphatic heterocycles. The number of Topliss-reactive ketones (excluding diaryl/α,β-unsaturated/α-hetero) is 1. The molecule has 5 nitrogen and oxygen atoms in total. The number of hydrogen-bond acceptors (Lipinski definition) is 4. The van der Waals surface area contributed by atoms with Crippen molar-refractivity contribution in [3.05, 3.63) is 100 Å². The van der Waals surface area contributed by atoms with Crippen molar-refractivity contribution < 1.29 is 14.3 Å². The maximum atomic E-state index is 14.2. The number of ether oxygens (including phenoxy) is 1. The number of fused-ring (bicyclic) bond motifs is 4. The summed E-state index contributed by atoms with van der Waals surface area (Å²) in [5.74, 6) is 1.09. The highest BCUT2D eigenvalue weighted by Crippen LogP contribution is 2.45. The number of nitrogens with zero attached hydrogens (tertiary/aromatic N) is 2. The molecule has 6 rings (SSSR count). The second-order valence-electron chi connectivity index (χ2n) is 10.3. The lowest BCUT2D eigenvalue weighted by atomic mass is 9.72. The number of methoxy groups -OCH3 is 1. The first kappa shape index (κ1) is 23.4. The van der Waals surface area contributed by atoms with Gasteiger partial charge in [-0.1, -0.05) is 43.6 Å². The number of rotatable bonds is 4. The molecule has 0 spiro atoms. The van der Waals surface area contributed by atoms with Crippen molar-refractivity contribution in [2.24, 2.45) is 5.41 Å². The largest absolute Gasteiger partial charge is 0.497 e. The number of benzene rings is 3. The Morgan fingerprint density at radius 1 is 0.946 bits per heavy atom. The van der Waals surface area contributed by atoms with Gasteiger partial charge in [-0.2, -0.15) is 0 Å². The molecule has 37 heavy (non-hydrogen) atoms. The Bertz CT molecular complexity index is 1660. The predicted molar refractivity (Wildman–Crippen MR) is 146 cm³/mol. The van der Waals surface area contributed by atoms with Crippen LogP contribution < -0.4 is 4.74 Å². The summed E-state index contributed by atoms with van der Waals surface area (Å²) in [5, 5.41) is 1.47. The SMILES string of the molecule is COc1ccc(C(=O)c2c3c(n(-c4ccc(Cl)cc4)c4nc5ccccc5c2-4)CC(C)(C)CC3=O)cc1. The topological polar surface area (TPSA) is 61.2 Å². The molecule has 1 aliphatic carbocycles. The van der Waals surface area contributed by atoms with Gasteiger partial charge in [0.2, 0.25) is 0 Å². The molecular formula is C31H25ClN2O3. The van der Waals surface area contributed by atoms with Crippen LogP contribution >= 0.6 is 11.6 Å². The predicted octanol–water partition coefficient (Wildman–Crippen LogP) is 7.18. The first-order valence-electron chi connectivity index (χ1n) is 12.2. The van der Waals surface area contributed by atoms with Crippen molar-refractivity contribution in [1.82, 2.24) is 9.55 Å². The second-order valence-corrected chi connectivity index (χ2v) is 10.8. The van der Waals surface area contributed by atoms with Crippen LogP contribution in [0.5, 0.6) is 5.75 Å². The van der Waals surface area contributed by atoms with Gasteiger partial charge in [-0.15, -0.1) is 0 Å². The molecule has 3 aliphatic rings. The summed E-state index contributed by atoms with van der Waals surface area (Å²) < 4.78 is 7.33. The molecule has 184 valence electrons. The molecule has 0 N–H and O–H groups in total. The summed E-state index contributed by atoms with van der Waals surface area (Å²) in [6, 6.07) is 22.3. The smallest absolute Gasteiger partial charge is 0.194 e. The number of aromatic nitrogens is 2. The van der Waals surface area contributed by atoms with Crippen LogP contribution in [0.25, 0.3) is 28.0 Å². The molecule has 0 amide bonds. The Morgan fingerprint density at radius 2 is 1.65 bits per heavy atom. The van der Waals surface area contributed by atoms with Gasteiger partial charge in [0, 0.05) is 50.5 Å². The number of hydrogen-bond donors (Lipinski definition) is 0. The third-order valence-electron chi connectivity index (χ3n) is 7.12. The molecular weight excluding hydrogens is 484 g/mol. The van der Waals surface area contributed by atoms with Gasteiger partial charge in [0.25, 0.3) is 0 Å². The van der Waals surface area contributed by atoms with Gasteiger partial charge in [0.1, 0.15) is 11.6 Å². The lowest BCUT2D eigenvalue weighted by Gasteiger charge is -2.35. The molecule has 3 aromatic carbocycles. The van der Waals surface area contributed by atoms with E-state index in [1.54, 1.807) is 31.4 Å². The lowest BCUT2D eigenvalue weighted by molar-refractivity contribution is 0.0899. The Hall–Kier alpha value is -3.96. The summed E-state index contributed by atoms with van der Waals surface area (Å²) in [4.78, 5) is 33.1. The zero-order valence-corrected chi connectivity index (χ0v) is 21.6. The van der Waals surface area contributed by atoms with Gasteiger partial charge in [-0.25, -0.2) is 4.98 Å². The molecule has 0 atom stereocenters. The minimum Gasteiger partial charge on any atom is -0.497 e. The summed E-state index contributed by atoms with van der Waals surface area (Å²) in [6.45, 7) is 4.17. The van der Waals surface area contributed by atoms with E-state index in [9.17, 15) is 9.59 Å². The van der Waals surface area contributed by atoms with Crippen LogP contribution in [-0.4, -0.2) is 28.2 Å². The molecule has 0 unspecified atom stereocenters. The van der Waals surface area contributed by atoms with E-state index in [0.29, 0.717) is 51.7 Å². The van der Waals surface area contributed by atoms with E-state index < -0.39 is 0 Å². The lowest BCUT2D eigenvalue weighted by Crippen LogP contribution is -2.33. The quantitative estimate of drug-likeness (QED) is 0.241. The van der Waals surface area contributed by atoms with Crippen LogP contribution in [0.1, 0.15) is 52.2 Å². The van der Waals surface area contributed by atoms with E-state index in [-0.39, 0.29) is 17.0 Å². The second kappa shape index (κ2) is 8.56. The highest BCUT2D eigenvalue weighted by molar-refractivity contribution is 6.30.